The standard InChI is InChI=1S/C11H20N2O3/c1-2-3-4-9(12)11(16)13(7-10(14)15)8-5-6-8/h8-9H,2-7,12H2,1H3,(H,14,15). The van der Waals surface area contributed by atoms with Crippen LogP contribution < -0.4 is 5.73 Å². The van der Waals surface area contributed by atoms with Gasteiger partial charge in [0.25, 0.3) is 0 Å². The molecule has 5 heteroatoms. The molecular formula is C11H20N2O3. The second kappa shape index (κ2) is 5.84. The van der Waals surface area contributed by atoms with E-state index in [9.17, 15) is 9.59 Å². The van der Waals surface area contributed by atoms with Crippen LogP contribution in [0, 0.1) is 0 Å². The maximum atomic E-state index is 11.9. The number of nitrogens with two attached hydrogens (primary N) is 1. The molecule has 1 amide bonds. The van der Waals surface area contributed by atoms with Gasteiger partial charge in [0.05, 0.1) is 6.04 Å². The van der Waals surface area contributed by atoms with Crippen molar-refractivity contribution in [3.05, 3.63) is 0 Å². The van der Waals surface area contributed by atoms with Crippen LogP contribution in [0.4, 0.5) is 0 Å². The summed E-state index contributed by atoms with van der Waals surface area (Å²) in [4.78, 5) is 24.0. The van der Waals surface area contributed by atoms with E-state index in [2.05, 4.69) is 0 Å². The van der Waals surface area contributed by atoms with Crippen LogP contribution in [0.5, 0.6) is 0 Å². The molecule has 0 aromatic heterocycles. The number of hydrogen-bond acceptors (Lipinski definition) is 3. The Morgan fingerprint density at radius 3 is 2.56 bits per heavy atom. The van der Waals surface area contributed by atoms with E-state index >= 15 is 0 Å². The minimum absolute atomic E-state index is 0.108. The van der Waals surface area contributed by atoms with Crippen molar-refractivity contribution in [3.63, 3.8) is 0 Å². The van der Waals surface area contributed by atoms with Gasteiger partial charge in [-0.3, -0.25) is 9.59 Å². The number of carbonyl (C=O) groups excluding carboxylic acids is 1. The van der Waals surface area contributed by atoms with E-state index in [4.69, 9.17) is 10.8 Å². The monoisotopic (exact) mass is 228 g/mol. The van der Waals surface area contributed by atoms with Crippen molar-refractivity contribution in [2.75, 3.05) is 6.54 Å². The Morgan fingerprint density at radius 2 is 2.12 bits per heavy atom. The minimum Gasteiger partial charge on any atom is -0.480 e. The number of amides is 1. The van der Waals surface area contributed by atoms with E-state index in [0.29, 0.717) is 6.42 Å². The van der Waals surface area contributed by atoms with Crippen LogP contribution >= 0.6 is 0 Å². The molecule has 1 aliphatic rings. The van der Waals surface area contributed by atoms with Gasteiger partial charge in [0.15, 0.2) is 0 Å². The molecule has 5 nitrogen and oxygen atoms in total. The fourth-order valence-corrected chi connectivity index (χ4v) is 1.68. The summed E-state index contributed by atoms with van der Waals surface area (Å²) >= 11 is 0. The van der Waals surface area contributed by atoms with E-state index in [1.54, 1.807) is 0 Å². The molecule has 92 valence electrons. The quantitative estimate of drug-likeness (QED) is 0.667. The molecule has 0 spiro atoms. The smallest absolute Gasteiger partial charge is 0.323 e. The fourth-order valence-electron chi connectivity index (χ4n) is 1.68. The second-order valence-corrected chi connectivity index (χ2v) is 4.34. The first-order valence-corrected chi connectivity index (χ1v) is 5.84. The highest BCUT2D eigenvalue weighted by Crippen LogP contribution is 2.27. The molecule has 3 N–H and O–H groups in total. The van der Waals surface area contributed by atoms with Gasteiger partial charge in [-0.15, -0.1) is 0 Å². The van der Waals surface area contributed by atoms with Gasteiger partial charge < -0.3 is 15.7 Å². The maximum absolute atomic E-state index is 11.9. The molecule has 1 saturated carbocycles. The summed E-state index contributed by atoms with van der Waals surface area (Å²) in [6.45, 7) is 1.82. The Morgan fingerprint density at radius 1 is 1.50 bits per heavy atom. The average Bonchev–Trinajstić information content (AvgIpc) is 3.05. The van der Waals surface area contributed by atoms with Crippen molar-refractivity contribution in [2.24, 2.45) is 5.73 Å². The summed E-state index contributed by atoms with van der Waals surface area (Å²) in [6.07, 6.45) is 4.33. The first-order valence-electron chi connectivity index (χ1n) is 5.84. The molecule has 1 aliphatic carbocycles. The highest BCUT2D eigenvalue weighted by Gasteiger charge is 2.35. The van der Waals surface area contributed by atoms with Crippen molar-refractivity contribution in [2.45, 2.75) is 51.1 Å². The van der Waals surface area contributed by atoms with Crippen LogP contribution in [0.25, 0.3) is 0 Å². The van der Waals surface area contributed by atoms with Crippen molar-refractivity contribution in [1.29, 1.82) is 0 Å². The summed E-state index contributed by atoms with van der Waals surface area (Å²) in [5, 5.41) is 8.73. The molecule has 0 aromatic rings. The van der Waals surface area contributed by atoms with Gasteiger partial charge in [0, 0.05) is 6.04 Å². The molecule has 0 aromatic carbocycles. The normalized spacial score (nSPS) is 16.9. The molecule has 0 heterocycles. The van der Waals surface area contributed by atoms with Crippen molar-refractivity contribution >= 4 is 11.9 Å². The van der Waals surface area contributed by atoms with E-state index < -0.39 is 12.0 Å². The molecule has 0 saturated heterocycles. The summed E-state index contributed by atoms with van der Waals surface area (Å²) in [7, 11) is 0. The zero-order valence-electron chi connectivity index (χ0n) is 9.69. The minimum atomic E-state index is -0.969. The molecule has 0 bridgehead atoms. The second-order valence-electron chi connectivity index (χ2n) is 4.34. The number of carboxylic acid groups (broad SMARTS) is 1. The molecule has 1 fully saturated rings. The topological polar surface area (TPSA) is 83.6 Å². The number of aliphatic carboxylic acids is 1. The van der Waals surface area contributed by atoms with Crippen LogP contribution in [-0.2, 0) is 9.59 Å². The number of rotatable bonds is 7. The lowest BCUT2D eigenvalue weighted by Crippen LogP contribution is -2.47. The van der Waals surface area contributed by atoms with Crippen LogP contribution in [0.15, 0.2) is 0 Å². The van der Waals surface area contributed by atoms with Crippen LogP contribution in [-0.4, -0.2) is 40.5 Å². The number of carbonyl (C=O) groups is 2. The predicted molar refractivity (Wildman–Crippen MR) is 59.9 cm³/mol. The number of unbranched alkanes of at least 4 members (excludes halogenated alkanes) is 1. The Labute approximate surface area is 95.6 Å². The Balaban J connectivity index is 2.49. The van der Waals surface area contributed by atoms with Crippen molar-refractivity contribution in [3.8, 4) is 0 Å². The zero-order chi connectivity index (χ0) is 12.1. The van der Waals surface area contributed by atoms with Gasteiger partial charge >= 0.3 is 5.97 Å². The molecule has 1 rings (SSSR count). The van der Waals surface area contributed by atoms with E-state index in [-0.39, 0.29) is 18.5 Å². The molecule has 1 unspecified atom stereocenters. The number of nitrogens with zero attached hydrogens (tertiary/aromatic N) is 1. The van der Waals surface area contributed by atoms with Gasteiger partial charge in [0.2, 0.25) is 5.91 Å². The summed E-state index contributed by atoms with van der Waals surface area (Å²) in [5.74, 6) is -1.18. The first kappa shape index (κ1) is 13.0. The Hall–Kier alpha value is -1.10. The third-order valence-corrected chi connectivity index (χ3v) is 2.76. The largest absolute Gasteiger partial charge is 0.480 e. The zero-order valence-corrected chi connectivity index (χ0v) is 9.69. The fraction of sp³-hybridized carbons (Fsp3) is 0.818. The average molecular weight is 228 g/mol. The lowest BCUT2D eigenvalue weighted by molar-refractivity contribution is -0.145. The number of carboxylic acids is 1. The van der Waals surface area contributed by atoms with Gasteiger partial charge in [-0.2, -0.15) is 0 Å². The third kappa shape index (κ3) is 3.81. The van der Waals surface area contributed by atoms with E-state index in [1.807, 2.05) is 6.92 Å². The van der Waals surface area contributed by atoms with Gasteiger partial charge in [0.1, 0.15) is 6.54 Å². The van der Waals surface area contributed by atoms with Gasteiger partial charge in [-0.1, -0.05) is 19.8 Å². The van der Waals surface area contributed by atoms with Crippen LogP contribution in [0.2, 0.25) is 0 Å². The Kier molecular flexibility index (Phi) is 4.73. The van der Waals surface area contributed by atoms with Crippen molar-refractivity contribution in [1.82, 2.24) is 4.90 Å². The Bertz CT molecular complexity index is 264. The molecule has 1 atom stereocenters. The predicted octanol–water partition coefficient (Wildman–Crippen LogP) is 0.580. The lowest BCUT2D eigenvalue weighted by Gasteiger charge is -2.23. The SMILES string of the molecule is CCCCC(N)C(=O)N(CC(=O)O)C1CC1. The first-order chi connectivity index (χ1) is 7.56. The molecule has 0 aliphatic heterocycles. The highest BCUT2D eigenvalue weighted by atomic mass is 16.4. The summed E-state index contributed by atoms with van der Waals surface area (Å²) in [6, 6.07) is -0.434. The van der Waals surface area contributed by atoms with Gasteiger partial charge in [-0.05, 0) is 19.3 Å². The lowest BCUT2D eigenvalue weighted by atomic mass is 10.1. The van der Waals surface area contributed by atoms with Crippen LogP contribution in [0.1, 0.15) is 39.0 Å². The van der Waals surface area contributed by atoms with E-state index in [0.717, 1.165) is 25.7 Å². The van der Waals surface area contributed by atoms with Crippen LogP contribution in [0.3, 0.4) is 0 Å². The summed E-state index contributed by atoms with van der Waals surface area (Å²) in [5.41, 5.74) is 5.76. The van der Waals surface area contributed by atoms with Crippen molar-refractivity contribution < 1.29 is 14.7 Å². The molecule has 0 radical (unpaired) electrons. The number of hydrogen-bond donors (Lipinski definition) is 2. The summed E-state index contributed by atoms with van der Waals surface area (Å²) < 4.78 is 0. The highest BCUT2D eigenvalue weighted by molar-refractivity contribution is 5.85. The molecule has 16 heavy (non-hydrogen) atoms. The maximum Gasteiger partial charge on any atom is 0.323 e. The molecular weight excluding hydrogens is 208 g/mol. The van der Waals surface area contributed by atoms with Gasteiger partial charge in [-0.25, -0.2) is 0 Å². The third-order valence-electron chi connectivity index (χ3n) is 2.76. The van der Waals surface area contributed by atoms with E-state index in [1.165, 1.54) is 4.90 Å².